The van der Waals surface area contributed by atoms with Crippen LogP contribution in [-0.4, -0.2) is 11.0 Å². The van der Waals surface area contributed by atoms with E-state index in [2.05, 4.69) is 4.98 Å². The average molecular weight is 350 g/mol. The van der Waals surface area contributed by atoms with Crippen molar-refractivity contribution >= 4 is 56.8 Å². The van der Waals surface area contributed by atoms with Gasteiger partial charge in [-0.3, -0.25) is 0 Å². The fourth-order valence-electron chi connectivity index (χ4n) is 1.80. The molecule has 3 nitrogen and oxygen atoms in total. The number of fused-ring (bicyclic) bond motifs is 1. The van der Waals surface area contributed by atoms with E-state index in [1.165, 1.54) is 23.5 Å². The zero-order valence-corrected chi connectivity index (χ0v) is 13.5. The van der Waals surface area contributed by atoms with Gasteiger partial charge in [0.2, 0.25) is 0 Å². The highest BCUT2D eigenvalue weighted by molar-refractivity contribution is 7.19. The first kappa shape index (κ1) is 15.0. The molecule has 0 spiro atoms. The molecule has 0 fully saturated rings. The second-order valence-corrected chi connectivity index (χ2v) is 6.25. The summed E-state index contributed by atoms with van der Waals surface area (Å²) in [4.78, 5) is 16.2. The van der Waals surface area contributed by atoms with E-state index in [0.717, 1.165) is 15.2 Å². The Kier molecular flexibility index (Phi) is 4.43. The van der Waals surface area contributed by atoms with Gasteiger partial charge >= 0.3 is 5.97 Å². The topological polar surface area (TPSA) is 39.2 Å². The Morgan fingerprint density at radius 1 is 1.18 bits per heavy atom. The molecule has 2 aromatic carbocycles. The number of halogens is 2. The van der Waals surface area contributed by atoms with Gasteiger partial charge in [0.1, 0.15) is 5.01 Å². The van der Waals surface area contributed by atoms with E-state index in [4.69, 9.17) is 27.9 Å². The smallest absolute Gasteiger partial charge is 0.336 e. The molecule has 3 rings (SSSR count). The summed E-state index contributed by atoms with van der Waals surface area (Å²) in [6, 6.07) is 12.5. The first-order valence-electron chi connectivity index (χ1n) is 6.32. The Morgan fingerprint density at radius 3 is 2.82 bits per heavy atom. The largest absolute Gasteiger partial charge is 0.422 e. The minimum absolute atomic E-state index is 0.230. The van der Waals surface area contributed by atoms with E-state index in [1.807, 2.05) is 24.3 Å². The molecule has 1 aromatic heterocycles. The van der Waals surface area contributed by atoms with Crippen molar-refractivity contribution in [3.05, 3.63) is 63.6 Å². The average Bonchev–Trinajstić information content (AvgIpc) is 2.92. The standard InChI is InChI=1S/C16H9Cl2NO2S/c17-10-5-6-11(18)13(9-10)21-16(20)8-7-15-19-12-3-1-2-4-14(12)22-15/h1-9H/b8-7+. The van der Waals surface area contributed by atoms with Gasteiger partial charge in [0.25, 0.3) is 0 Å². The maximum absolute atomic E-state index is 11.8. The number of esters is 1. The Labute approximate surface area is 140 Å². The van der Waals surface area contributed by atoms with E-state index < -0.39 is 5.97 Å². The van der Waals surface area contributed by atoms with Crippen molar-refractivity contribution in [3.63, 3.8) is 0 Å². The van der Waals surface area contributed by atoms with Gasteiger partial charge in [-0.2, -0.15) is 0 Å². The molecule has 0 unspecified atom stereocenters. The lowest BCUT2D eigenvalue weighted by Gasteiger charge is -2.03. The van der Waals surface area contributed by atoms with E-state index in [-0.39, 0.29) is 5.75 Å². The van der Waals surface area contributed by atoms with Gasteiger partial charge in [0, 0.05) is 17.2 Å². The maximum Gasteiger partial charge on any atom is 0.336 e. The summed E-state index contributed by atoms with van der Waals surface area (Å²) >= 11 is 13.3. The van der Waals surface area contributed by atoms with Crippen LogP contribution in [0.1, 0.15) is 5.01 Å². The minimum atomic E-state index is -0.538. The van der Waals surface area contributed by atoms with E-state index in [1.54, 1.807) is 18.2 Å². The van der Waals surface area contributed by atoms with Crippen LogP contribution >= 0.6 is 34.5 Å². The molecule has 0 amide bonds. The van der Waals surface area contributed by atoms with Gasteiger partial charge in [-0.25, -0.2) is 9.78 Å². The summed E-state index contributed by atoms with van der Waals surface area (Å²) in [5.41, 5.74) is 0.901. The van der Waals surface area contributed by atoms with Crippen molar-refractivity contribution < 1.29 is 9.53 Å². The highest BCUT2D eigenvalue weighted by Gasteiger charge is 2.07. The number of ether oxygens (including phenoxy) is 1. The summed E-state index contributed by atoms with van der Waals surface area (Å²) < 4.78 is 6.22. The third-order valence-corrected chi connectivity index (χ3v) is 4.33. The highest BCUT2D eigenvalue weighted by atomic mass is 35.5. The molecule has 6 heteroatoms. The number of hydrogen-bond donors (Lipinski definition) is 0. The fourth-order valence-corrected chi connectivity index (χ4v) is 2.99. The molecule has 22 heavy (non-hydrogen) atoms. The molecule has 0 saturated carbocycles. The molecule has 0 atom stereocenters. The normalized spacial score (nSPS) is 11.2. The van der Waals surface area contributed by atoms with Crippen LogP contribution in [0.5, 0.6) is 5.75 Å². The monoisotopic (exact) mass is 349 g/mol. The number of benzene rings is 2. The van der Waals surface area contributed by atoms with Crippen molar-refractivity contribution in [2.45, 2.75) is 0 Å². The Morgan fingerprint density at radius 2 is 2.00 bits per heavy atom. The van der Waals surface area contributed by atoms with Crippen molar-refractivity contribution in [2.24, 2.45) is 0 Å². The molecule has 0 saturated heterocycles. The lowest BCUT2D eigenvalue weighted by molar-refractivity contribution is -0.128. The number of nitrogens with zero attached hydrogens (tertiary/aromatic N) is 1. The Balaban J connectivity index is 1.74. The lowest BCUT2D eigenvalue weighted by Crippen LogP contribution is -2.04. The van der Waals surface area contributed by atoms with Gasteiger partial charge < -0.3 is 4.74 Å². The van der Waals surface area contributed by atoms with E-state index in [9.17, 15) is 4.79 Å². The molecular formula is C16H9Cl2NO2S. The molecule has 0 bridgehead atoms. The molecule has 0 aliphatic rings. The number of thiazole rings is 1. The van der Waals surface area contributed by atoms with Gasteiger partial charge in [-0.15, -0.1) is 11.3 Å². The summed E-state index contributed by atoms with van der Waals surface area (Å²) in [5, 5.41) is 1.50. The number of aromatic nitrogens is 1. The van der Waals surface area contributed by atoms with Crippen LogP contribution in [0.25, 0.3) is 16.3 Å². The second kappa shape index (κ2) is 6.48. The number of hydrogen-bond acceptors (Lipinski definition) is 4. The first-order valence-corrected chi connectivity index (χ1v) is 7.89. The molecule has 0 radical (unpaired) electrons. The summed E-state index contributed by atoms with van der Waals surface area (Å²) in [6.45, 7) is 0. The molecule has 110 valence electrons. The van der Waals surface area contributed by atoms with Crippen molar-refractivity contribution in [3.8, 4) is 5.75 Å². The fraction of sp³-hybridized carbons (Fsp3) is 0. The quantitative estimate of drug-likeness (QED) is 0.369. The van der Waals surface area contributed by atoms with Crippen LogP contribution in [0, 0.1) is 0 Å². The maximum atomic E-state index is 11.8. The Hall–Kier alpha value is -1.88. The summed E-state index contributed by atoms with van der Waals surface area (Å²) in [5.74, 6) is -0.309. The van der Waals surface area contributed by atoms with E-state index >= 15 is 0 Å². The third-order valence-electron chi connectivity index (χ3n) is 2.78. The van der Waals surface area contributed by atoms with Gasteiger partial charge in [-0.05, 0) is 30.3 Å². The predicted molar refractivity (Wildman–Crippen MR) is 90.8 cm³/mol. The molecular weight excluding hydrogens is 341 g/mol. The summed E-state index contributed by atoms with van der Waals surface area (Å²) in [7, 11) is 0. The predicted octanol–water partition coefficient (Wildman–Crippen LogP) is 5.22. The van der Waals surface area contributed by atoms with Crippen molar-refractivity contribution in [2.75, 3.05) is 0 Å². The van der Waals surface area contributed by atoms with Gasteiger partial charge in [0.05, 0.1) is 15.2 Å². The molecule has 0 aliphatic carbocycles. The number of carbonyl (C=O) groups is 1. The SMILES string of the molecule is O=C(/C=C/c1nc2ccccc2s1)Oc1cc(Cl)ccc1Cl. The third kappa shape index (κ3) is 3.47. The van der Waals surface area contributed by atoms with Gasteiger partial charge in [-0.1, -0.05) is 35.3 Å². The first-order chi connectivity index (χ1) is 10.6. The molecule has 0 N–H and O–H groups in total. The van der Waals surface area contributed by atoms with Crippen LogP contribution in [-0.2, 0) is 4.79 Å². The van der Waals surface area contributed by atoms with Crippen LogP contribution in [0.2, 0.25) is 10.0 Å². The zero-order chi connectivity index (χ0) is 15.5. The van der Waals surface area contributed by atoms with Crippen molar-refractivity contribution in [1.29, 1.82) is 0 Å². The van der Waals surface area contributed by atoms with Crippen LogP contribution < -0.4 is 4.74 Å². The van der Waals surface area contributed by atoms with Crippen LogP contribution in [0.4, 0.5) is 0 Å². The lowest BCUT2D eigenvalue weighted by atomic mass is 10.3. The number of rotatable bonds is 3. The molecule has 1 heterocycles. The number of para-hydroxylation sites is 1. The van der Waals surface area contributed by atoms with E-state index in [0.29, 0.717) is 10.0 Å². The second-order valence-electron chi connectivity index (χ2n) is 4.35. The number of carbonyl (C=O) groups excluding carboxylic acids is 1. The van der Waals surface area contributed by atoms with Crippen LogP contribution in [0.15, 0.2) is 48.5 Å². The summed E-state index contributed by atoms with van der Waals surface area (Å²) in [6.07, 6.45) is 2.93. The zero-order valence-electron chi connectivity index (χ0n) is 11.1. The minimum Gasteiger partial charge on any atom is -0.422 e. The van der Waals surface area contributed by atoms with Crippen LogP contribution in [0.3, 0.4) is 0 Å². The van der Waals surface area contributed by atoms with Gasteiger partial charge in [0.15, 0.2) is 5.75 Å². The highest BCUT2D eigenvalue weighted by Crippen LogP contribution is 2.28. The van der Waals surface area contributed by atoms with Crippen molar-refractivity contribution in [1.82, 2.24) is 4.98 Å². The molecule has 0 aliphatic heterocycles. The Bertz CT molecular complexity index is 840. The molecule has 3 aromatic rings.